The van der Waals surface area contributed by atoms with Gasteiger partial charge in [0.2, 0.25) is 0 Å². The van der Waals surface area contributed by atoms with Gasteiger partial charge in [0.05, 0.1) is 0 Å². The number of halogens is 1. The van der Waals surface area contributed by atoms with Gasteiger partial charge < -0.3 is 0 Å². The molecule has 21 heavy (non-hydrogen) atoms. The molecule has 0 radical (unpaired) electrons. The first-order valence-corrected chi connectivity index (χ1v) is 8.42. The van der Waals surface area contributed by atoms with E-state index in [0.717, 1.165) is 31.2 Å². The number of rotatable bonds is 4. The Morgan fingerprint density at radius 1 is 0.952 bits per heavy atom. The van der Waals surface area contributed by atoms with Gasteiger partial charge in [-0.25, -0.2) is 0 Å². The summed E-state index contributed by atoms with van der Waals surface area (Å²) in [7, 11) is 0. The van der Waals surface area contributed by atoms with Crippen LogP contribution in [0.4, 0.5) is 0 Å². The maximum atomic E-state index is 3.70. The van der Waals surface area contributed by atoms with Crippen LogP contribution in [-0.4, -0.2) is 0 Å². The van der Waals surface area contributed by atoms with Crippen LogP contribution in [0, 0.1) is 11.8 Å². The quantitative estimate of drug-likeness (QED) is 0.561. The highest BCUT2D eigenvalue weighted by molar-refractivity contribution is 9.11. The van der Waals surface area contributed by atoms with Crippen LogP contribution >= 0.6 is 15.9 Å². The van der Waals surface area contributed by atoms with E-state index in [4.69, 9.17) is 0 Å². The Hall–Kier alpha value is -1.52. The van der Waals surface area contributed by atoms with Crippen LogP contribution in [0.25, 0.3) is 10.8 Å². The molecule has 0 N–H and O–H groups in total. The van der Waals surface area contributed by atoms with Gasteiger partial charge in [-0.15, -0.1) is 0 Å². The van der Waals surface area contributed by atoms with Crippen molar-refractivity contribution in [3.63, 3.8) is 0 Å². The summed E-state index contributed by atoms with van der Waals surface area (Å²) in [5.41, 5.74) is 2.33. The van der Waals surface area contributed by atoms with Crippen LogP contribution < -0.4 is 0 Å². The van der Waals surface area contributed by atoms with Gasteiger partial charge in [-0.2, -0.15) is 0 Å². The van der Waals surface area contributed by atoms with E-state index in [-0.39, 0.29) is 0 Å². The highest BCUT2D eigenvalue weighted by Gasteiger charge is 2.00. The first-order valence-electron chi connectivity index (χ1n) is 7.63. The smallest absolute Gasteiger partial charge is 0.0255 e. The molecule has 0 spiro atoms. The lowest BCUT2D eigenvalue weighted by molar-refractivity contribution is 0.893. The molecule has 0 aliphatic carbocycles. The van der Waals surface area contributed by atoms with Crippen LogP contribution in [0.15, 0.2) is 52.5 Å². The van der Waals surface area contributed by atoms with Gasteiger partial charge in [-0.3, -0.25) is 0 Å². The van der Waals surface area contributed by atoms with Gasteiger partial charge in [0, 0.05) is 15.6 Å². The van der Waals surface area contributed by atoms with Gasteiger partial charge >= 0.3 is 0 Å². The van der Waals surface area contributed by atoms with Crippen molar-refractivity contribution in [1.82, 2.24) is 0 Å². The van der Waals surface area contributed by atoms with Crippen molar-refractivity contribution in [1.29, 1.82) is 0 Å². The van der Waals surface area contributed by atoms with E-state index < -0.39 is 0 Å². The molecule has 0 saturated carbocycles. The van der Waals surface area contributed by atoms with Crippen molar-refractivity contribution in [3.05, 3.63) is 58.1 Å². The Kier molecular flexibility index (Phi) is 6.08. The van der Waals surface area contributed by atoms with Crippen molar-refractivity contribution < 1.29 is 0 Å². The Balaban J connectivity index is 2.31. The number of benzene rings is 2. The summed E-state index contributed by atoms with van der Waals surface area (Å²) >= 11 is 3.70. The first kappa shape index (κ1) is 15.9. The van der Waals surface area contributed by atoms with Crippen molar-refractivity contribution in [2.75, 3.05) is 0 Å². The van der Waals surface area contributed by atoms with Gasteiger partial charge in [-0.05, 0) is 35.7 Å². The number of allylic oxidation sites excluding steroid dienone is 2. The van der Waals surface area contributed by atoms with E-state index in [1.54, 1.807) is 0 Å². The molecule has 0 atom stereocenters. The van der Waals surface area contributed by atoms with E-state index in [1.165, 1.54) is 20.8 Å². The molecule has 0 unspecified atom stereocenters. The molecule has 0 nitrogen and oxygen atoms in total. The second-order valence-corrected chi connectivity index (χ2v) is 6.15. The highest BCUT2D eigenvalue weighted by atomic mass is 79.9. The maximum absolute atomic E-state index is 3.70. The Labute approximate surface area is 136 Å². The minimum Gasteiger partial charge on any atom is -0.0653 e. The highest BCUT2D eigenvalue weighted by Crippen LogP contribution is 2.21. The fraction of sp³-hybridized carbons (Fsp3) is 0.300. The lowest BCUT2D eigenvalue weighted by Crippen LogP contribution is -1.85. The third-order valence-corrected chi connectivity index (χ3v) is 4.28. The van der Waals surface area contributed by atoms with Crippen LogP contribution in [0.5, 0.6) is 0 Å². The zero-order valence-electron chi connectivity index (χ0n) is 12.7. The fourth-order valence-electron chi connectivity index (χ4n) is 2.30. The van der Waals surface area contributed by atoms with Crippen molar-refractivity contribution in [2.24, 2.45) is 0 Å². The molecular formula is C20H21Br. The zero-order chi connectivity index (χ0) is 15.1. The molecule has 1 heteroatoms. The fourth-order valence-corrected chi connectivity index (χ4v) is 2.99. The first-order chi connectivity index (χ1) is 10.2. The second kappa shape index (κ2) is 8.05. The van der Waals surface area contributed by atoms with Crippen molar-refractivity contribution in [2.45, 2.75) is 39.5 Å². The van der Waals surface area contributed by atoms with E-state index in [1.807, 2.05) is 0 Å². The summed E-state index contributed by atoms with van der Waals surface area (Å²) in [6, 6.07) is 14.8. The standard InChI is InChI=1S/C20H21Br/c1-3-7-18(20(21)8-4-2)14-12-16-11-13-17-9-5-6-10-19(17)15-16/h5-6,9-11,13,15H,3-4,7-8H2,1-2H3/b20-18-. The summed E-state index contributed by atoms with van der Waals surface area (Å²) in [6.07, 6.45) is 4.38. The lowest BCUT2D eigenvalue weighted by Gasteiger charge is -2.02. The molecule has 0 amide bonds. The second-order valence-electron chi connectivity index (χ2n) is 5.20. The average molecular weight is 341 g/mol. The van der Waals surface area contributed by atoms with Gasteiger partial charge in [0.25, 0.3) is 0 Å². The van der Waals surface area contributed by atoms with Crippen LogP contribution in [0.2, 0.25) is 0 Å². The summed E-state index contributed by atoms with van der Waals surface area (Å²) in [5, 5.41) is 2.51. The van der Waals surface area contributed by atoms with Crippen molar-refractivity contribution >= 4 is 26.7 Å². The number of hydrogen-bond acceptors (Lipinski definition) is 0. The van der Waals surface area contributed by atoms with Crippen molar-refractivity contribution in [3.8, 4) is 11.8 Å². The zero-order valence-corrected chi connectivity index (χ0v) is 14.3. The number of hydrogen-bond donors (Lipinski definition) is 0. The third kappa shape index (κ3) is 4.48. The predicted octanol–water partition coefficient (Wildman–Crippen LogP) is 6.44. The molecule has 0 aliphatic heterocycles. The minimum absolute atomic E-state index is 1.04. The normalized spacial score (nSPS) is 11.8. The monoisotopic (exact) mass is 340 g/mol. The molecule has 0 saturated heterocycles. The molecule has 0 aliphatic rings. The molecule has 0 heterocycles. The molecule has 2 aromatic carbocycles. The van der Waals surface area contributed by atoms with Gasteiger partial charge in [0.15, 0.2) is 0 Å². The summed E-state index contributed by atoms with van der Waals surface area (Å²) in [5.74, 6) is 6.69. The van der Waals surface area contributed by atoms with Gasteiger partial charge in [-0.1, -0.05) is 84.8 Å². The summed E-state index contributed by atoms with van der Waals surface area (Å²) in [4.78, 5) is 0. The Morgan fingerprint density at radius 2 is 1.67 bits per heavy atom. The molecule has 0 fully saturated rings. The van der Waals surface area contributed by atoms with E-state index in [0.29, 0.717) is 0 Å². The molecule has 0 bridgehead atoms. The molecule has 108 valence electrons. The maximum Gasteiger partial charge on any atom is 0.0255 e. The Bertz CT molecular complexity index is 698. The SMILES string of the molecule is CCC/C(Br)=C(/C#Cc1ccc2ccccc2c1)CCC. The lowest BCUT2D eigenvalue weighted by atomic mass is 10.1. The predicted molar refractivity (Wildman–Crippen MR) is 96.6 cm³/mol. The summed E-state index contributed by atoms with van der Waals surface area (Å²) < 4.78 is 1.26. The largest absolute Gasteiger partial charge is 0.0653 e. The Morgan fingerprint density at radius 3 is 2.38 bits per heavy atom. The van der Waals surface area contributed by atoms with Gasteiger partial charge in [0.1, 0.15) is 0 Å². The number of fused-ring (bicyclic) bond motifs is 1. The average Bonchev–Trinajstić information content (AvgIpc) is 2.51. The third-order valence-electron chi connectivity index (χ3n) is 3.40. The van der Waals surface area contributed by atoms with Crippen LogP contribution in [0.3, 0.4) is 0 Å². The summed E-state index contributed by atoms with van der Waals surface area (Å²) in [6.45, 7) is 4.39. The molecular weight excluding hydrogens is 320 g/mol. The molecule has 2 aromatic rings. The van der Waals surface area contributed by atoms with E-state index in [9.17, 15) is 0 Å². The van der Waals surface area contributed by atoms with E-state index >= 15 is 0 Å². The molecule has 0 aromatic heterocycles. The van der Waals surface area contributed by atoms with Crippen LogP contribution in [-0.2, 0) is 0 Å². The van der Waals surface area contributed by atoms with E-state index in [2.05, 4.69) is 84.1 Å². The topological polar surface area (TPSA) is 0 Å². The van der Waals surface area contributed by atoms with Crippen LogP contribution in [0.1, 0.15) is 45.1 Å². The molecule has 2 rings (SSSR count). The minimum atomic E-state index is 1.04.